The fourth-order valence-electron chi connectivity index (χ4n) is 2.24. The Kier molecular flexibility index (Phi) is 3.51. The van der Waals surface area contributed by atoms with Gasteiger partial charge in [-0.15, -0.1) is 6.58 Å². The van der Waals surface area contributed by atoms with Crippen molar-refractivity contribution in [1.29, 1.82) is 0 Å². The second kappa shape index (κ2) is 4.44. The molecule has 1 rings (SSSR count). The summed E-state index contributed by atoms with van der Waals surface area (Å²) in [7, 11) is 0. The molecule has 0 radical (unpaired) electrons. The molecule has 0 saturated heterocycles. The van der Waals surface area contributed by atoms with Crippen molar-refractivity contribution in [3.05, 3.63) is 12.7 Å². The molecule has 0 N–H and O–H groups in total. The van der Waals surface area contributed by atoms with Crippen LogP contribution < -0.4 is 0 Å². The predicted octanol–water partition coefficient (Wildman–Crippen LogP) is 2.96. The summed E-state index contributed by atoms with van der Waals surface area (Å²) in [6.07, 6.45) is 7.82. The first-order valence-corrected chi connectivity index (χ1v) is 4.87. The molecule has 0 unspecified atom stereocenters. The van der Waals surface area contributed by atoms with Crippen molar-refractivity contribution in [3.8, 4) is 0 Å². The lowest BCUT2D eigenvalue weighted by molar-refractivity contribution is -0.123. The van der Waals surface area contributed by atoms with Gasteiger partial charge in [0.15, 0.2) is 0 Å². The lowest BCUT2D eigenvalue weighted by atomic mass is 9.76. The Bertz CT molecular complexity index is 172. The van der Waals surface area contributed by atoms with E-state index in [4.69, 9.17) is 0 Å². The van der Waals surface area contributed by atoms with E-state index in [2.05, 4.69) is 6.58 Å². The van der Waals surface area contributed by atoms with Crippen LogP contribution in [0.1, 0.15) is 39.0 Å². The standard InChI is InChI=1S/C11H18O/c1-3-6-10-7-4-5-8-11(10)9(2)12/h3,10-11H,1,4-8H2,2H3/t10-,11-/m0/s1. The van der Waals surface area contributed by atoms with Crippen molar-refractivity contribution < 1.29 is 4.79 Å². The van der Waals surface area contributed by atoms with Gasteiger partial charge in [0.05, 0.1) is 0 Å². The van der Waals surface area contributed by atoms with E-state index in [1.807, 2.05) is 6.08 Å². The number of carbonyl (C=O) groups is 1. The van der Waals surface area contributed by atoms with Crippen molar-refractivity contribution in [2.75, 3.05) is 0 Å². The number of ketones is 1. The number of hydrogen-bond donors (Lipinski definition) is 0. The highest BCUT2D eigenvalue weighted by molar-refractivity contribution is 5.78. The molecule has 0 aromatic rings. The highest BCUT2D eigenvalue weighted by atomic mass is 16.1. The van der Waals surface area contributed by atoms with Gasteiger partial charge in [0, 0.05) is 5.92 Å². The van der Waals surface area contributed by atoms with Gasteiger partial charge < -0.3 is 0 Å². The topological polar surface area (TPSA) is 17.1 Å². The van der Waals surface area contributed by atoms with Crippen molar-refractivity contribution >= 4 is 5.78 Å². The Morgan fingerprint density at radius 3 is 2.75 bits per heavy atom. The lowest BCUT2D eigenvalue weighted by Crippen LogP contribution is -2.24. The third-order valence-corrected chi connectivity index (χ3v) is 2.90. The van der Waals surface area contributed by atoms with Gasteiger partial charge in [-0.2, -0.15) is 0 Å². The largest absolute Gasteiger partial charge is 0.300 e. The number of allylic oxidation sites excluding steroid dienone is 1. The van der Waals surface area contributed by atoms with Crippen LogP contribution in [-0.2, 0) is 4.79 Å². The molecule has 2 atom stereocenters. The molecule has 0 aromatic heterocycles. The average molecular weight is 166 g/mol. The minimum atomic E-state index is 0.330. The molecule has 0 spiro atoms. The van der Waals surface area contributed by atoms with Crippen LogP contribution in [0.3, 0.4) is 0 Å². The summed E-state index contributed by atoms with van der Waals surface area (Å²) >= 11 is 0. The van der Waals surface area contributed by atoms with E-state index >= 15 is 0 Å². The lowest BCUT2D eigenvalue weighted by Gasteiger charge is -2.28. The van der Waals surface area contributed by atoms with Crippen LogP contribution in [0.15, 0.2) is 12.7 Å². The first kappa shape index (κ1) is 9.50. The minimum absolute atomic E-state index is 0.330. The van der Waals surface area contributed by atoms with Gasteiger partial charge in [0.25, 0.3) is 0 Å². The summed E-state index contributed by atoms with van der Waals surface area (Å²) in [5.74, 6) is 1.30. The van der Waals surface area contributed by atoms with Gasteiger partial charge in [-0.25, -0.2) is 0 Å². The van der Waals surface area contributed by atoms with Gasteiger partial charge in [0.2, 0.25) is 0 Å². The molecule has 0 aromatic carbocycles. The zero-order chi connectivity index (χ0) is 8.97. The molecule has 0 amide bonds. The van der Waals surface area contributed by atoms with Crippen LogP contribution in [0.5, 0.6) is 0 Å². The van der Waals surface area contributed by atoms with Gasteiger partial charge in [0.1, 0.15) is 5.78 Å². The minimum Gasteiger partial charge on any atom is -0.300 e. The van der Waals surface area contributed by atoms with Gasteiger partial charge in [-0.05, 0) is 32.1 Å². The number of hydrogen-bond acceptors (Lipinski definition) is 1. The Morgan fingerprint density at radius 1 is 1.50 bits per heavy atom. The summed E-state index contributed by atoms with van der Waals surface area (Å²) in [5.41, 5.74) is 0. The smallest absolute Gasteiger partial charge is 0.133 e. The molecule has 0 aliphatic heterocycles. The molecule has 1 aliphatic rings. The molecule has 1 fully saturated rings. The Labute approximate surface area is 74.9 Å². The molecule has 1 heteroatoms. The maximum absolute atomic E-state index is 11.2. The van der Waals surface area contributed by atoms with Crippen LogP contribution in [0.4, 0.5) is 0 Å². The van der Waals surface area contributed by atoms with Crippen molar-refractivity contribution in [3.63, 3.8) is 0 Å². The number of rotatable bonds is 3. The Hall–Kier alpha value is -0.590. The molecule has 12 heavy (non-hydrogen) atoms. The van der Waals surface area contributed by atoms with Gasteiger partial charge in [-0.1, -0.05) is 18.9 Å². The van der Waals surface area contributed by atoms with E-state index in [0.29, 0.717) is 17.6 Å². The molecular weight excluding hydrogens is 148 g/mol. The fourth-order valence-corrected chi connectivity index (χ4v) is 2.24. The summed E-state index contributed by atoms with van der Waals surface area (Å²) in [6, 6.07) is 0. The van der Waals surface area contributed by atoms with Crippen LogP contribution in [-0.4, -0.2) is 5.78 Å². The van der Waals surface area contributed by atoms with Crippen LogP contribution >= 0.6 is 0 Å². The Morgan fingerprint density at radius 2 is 2.17 bits per heavy atom. The van der Waals surface area contributed by atoms with Crippen molar-refractivity contribution in [1.82, 2.24) is 0 Å². The maximum atomic E-state index is 11.2. The van der Waals surface area contributed by atoms with Gasteiger partial charge >= 0.3 is 0 Å². The number of carbonyl (C=O) groups excluding carboxylic acids is 1. The van der Waals surface area contributed by atoms with Gasteiger partial charge in [-0.3, -0.25) is 4.79 Å². The molecule has 0 bridgehead atoms. The molecule has 68 valence electrons. The first-order valence-electron chi connectivity index (χ1n) is 4.87. The van der Waals surface area contributed by atoms with Crippen LogP contribution in [0, 0.1) is 11.8 Å². The highest BCUT2D eigenvalue weighted by Gasteiger charge is 2.26. The SMILES string of the molecule is C=CC[C@H]1CCCC[C@H]1C(C)=O. The first-order chi connectivity index (χ1) is 5.75. The van der Waals surface area contributed by atoms with E-state index in [1.165, 1.54) is 19.3 Å². The molecule has 0 heterocycles. The number of Topliss-reactive ketones (excluding diaryl/α,β-unsaturated/α-hetero) is 1. The maximum Gasteiger partial charge on any atom is 0.133 e. The third-order valence-electron chi connectivity index (χ3n) is 2.90. The normalized spacial score (nSPS) is 29.8. The fraction of sp³-hybridized carbons (Fsp3) is 0.727. The second-order valence-electron chi connectivity index (χ2n) is 3.79. The Balaban J connectivity index is 2.53. The summed E-state index contributed by atoms with van der Waals surface area (Å²) in [5, 5.41) is 0. The second-order valence-corrected chi connectivity index (χ2v) is 3.79. The van der Waals surface area contributed by atoms with E-state index in [0.717, 1.165) is 12.8 Å². The molecular formula is C11H18O. The van der Waals surface area contributed by atoms with E-state index < -0.39 is 0 Å². The average Bonchev–Trinajstić information content (AvgIpc) is 2.05. The third kappa shape index (κ3) is 2.20. The van der Waals surface area contributed by atoms with E-state index in [1.54, 1.807) is 6.92 Å². The quantitative estimate of drug-likeness (QED) is 0.589. The summed E-state index contributed by atoms with van der Waals surface area (Å²) < 4.78 is 0. The van der Waals surface area contributed by atoms with Crippen molar-refractivity contribution in [2.24, 2.45) is 11.8 Å². The summed E-state index contributed by atoms with van der Waals surface area (Å²) in [6.45, 7) is 5.47. The molecule has 1 nitrogen and oxygen atoms in total. The molecule has 1 saturated carbocycles. The van der Waals surface area contributed by atoms with E-state index in [-0.39, 0.29) is 0 Å². The van der Waals surface area contributed by atoms with Crippen LogP contribution in [0.2, 0.25) is 0 Å². The zero-order valence-electron chi connectivity index (χ0n) is 7.88. The molecule has 1 aliphatic carbocycles. The monoisotopic (exact) mass is 166 g/mol. The van der Waals surface area contributed by atoms with E-state index in [9.17, 15) is 4.79 Å². The zero-order valence-corrected chi connectivity index (χ0v) is 7.88. The summed E-state index contributed by atoms with van der Waals surface area (Å²) in [4.78, 5) is 11.2. The van der Waals surface area contributed by atoms with Crippen LogP contribution in [0.25, 0.3) is 0 Å². The highest BCUT2D eigenvalue weighted by Crippen LogP contribution is 2.32. The predicted molar refractivity (Wildman–Crippen MR) is 50.9 cm³/mol. The van der Waals surface area contributed by atoms with Crippen molar-refractivity contribution in [2.45, 2.75) is 39.0 Å².